The molecule has 0 bridgehead atoms. The van der Waals surface area contributed by atoms with Crippen LogP contribution in [0.5, 0.6) is 0 Å². The average Bonchev–Trinajstić information content (AvgIpc) is 2.42. The largest absolute Gasteiger partial charge is 0.316 e. The average molecular weight is 303 g/mol. The van der Waals surface area contributed by atoms with E-state index in [2.05, 4.69) is 62.6 Å². The zero-order valence-electron chi connectivity index (χ0n) is 10.2. The van der Waals surface area contributed by atoms with Gasteiger partial charge in [-0.3, -0.25) is 4.98 Å². The van der Waals surface area contributed by atoms with Crippen molar-refractivity contribution in [3.05, 3.63) is 70.5 Å². The molecule has 3 heteroatoms. The second-order valence-corrected chi connectivity index (χ2v) is 4.84. The SMILES string of the molecule is CNC/C=C(\c1ccc(Br)cc1)c1cccnc1. The number of hydrogen-bond acceptors (Lipinski definition) is 2. The van der Waals surface area contributed by atoms with Crippen LogP contribution in [0.25, 0.3) is 5.57 Å². The van der Waals surface area contributed by atoms with E-state index in [1.54, 1.807) is 6.20 Å². The molecular weight excluding hydrogens is 288 g/mol. The summed E-state index contributed by atoms with van der Waals surface area (Å²) >= 11 is 3.46. The predicted octanol–water partition coefficient (Wildman–Crippen LogP) is 3.50. The molecule has 1 N–H and O–H groups in total. The van der Waals surface area contributed by atoms with Crippen LogP contribution in [-0.2, 0) is 0 Å². The quantitative estimate of drug-likeness (QED) is 0.935. The standard InChI is InChI=1S/C15H15BrN2/c1-17-10-8-15(13-3-2-9-18-11-13)12-4-6-14(16)7-5-12/h2-9,11,17H,10H2,1H3/b15-8+. The summed E-state index contributed by atoms with van der Waals surface area (Å²) in [6.45, 7) is 0.834. The minimum absolute atomic E-state index is 0.834. The van der Waals surface area contributed by atoms with Gasteiger partial charge in [0.25, 0.3) is 0 Å². The zero-order chi connectivity index (χ0) is 12.8. The Bertz CT molecular complexity index is 518. The Labute approximate surface area is 116 Å². The lowest BCUT2D eigenvalue weighted by Crippen LogP contribution is -2.05. The number of aromatic nitrogens is 1. The summed E-state index contributed by atoms with van der Waals surface area (Å²) in [5, 5.41) is 3.14. The monoisotopic (exact) mass is 302 g/mol. The number of likely N-dealkylation sites (N-methyl/N-ethyl adjacent to an activating group) is 1. The van der Waals surface area contributed by atoms with Gasteiger partial charge in [0.15, 0.2) is 0 Å². The summed E-state index contributed by atoms with van der Waals surface area (Å²) in [4.78, 5) is 4.19. The minimum atomic E-state index is 0.834. The molecule has 18 heavy (non-hydrogen) atoms. The molecule has 0 aliphatic rings. The van der Waals surface area contributed by atoms with Crippen molar-refractivity contribution in [2.75, 3.05) is 13.6 Å². The van der Waals surface area contributed by atoms with Gasteiger partial charge < -0.3 is 5.32 Å². The van der Waals surface area contributed by atoms with Gasteiger partial charge in [-0.05, 0) is 36.4 Å². The third kappa shape index (κ3) is 3.28. The highest BCUT2D eigenvalue weighted by Gasteiger charge is 2.04. The van der Waals surface area contributed by atoms with Crippen LogP contribution in [0.2, 0.25) is 0 Å². The third-order valence-electron chi connectivity index (χ3n) is 2.64. The summed E-state index contributed by atoms with van der Waals surface area (Å²) in [5.41, 5.74) is 3.53. The predicted molar refractivity (Wildman–Crippen MR) is 79.4 cm³/mol. The molecule has 2 nitrogen and oxygen atoms in total. The summed E-state index contributed by atoms with van der Waals surface area (Å²) in [6, 6.07) is 12.4. The molecule has 0 aliphatic carbocycles. The fourth-order valence-electron chi connectivity index (χ4n) is 1.76. The number of nitrogens with zero attached hydrogens (tertiary/aromatic N) is 1. The Morgan fingerprint density at radius 1 is 1.22 bits per heavy atom. The molecule has 1 heterocycles. The van der Waals surface area contributed by atoms with Crippen LogP contribution in [0.4, 0.5) is 0 Å². The van der Waals surface area contributed by atoms with Crippen molar-refractivity contribution < 1.29 is 0 Å². The maximum atomic E-state index is 4.19. The fraction of sp³-hybridized carbons (Fsp3) is 0.133. The summed E-state index contributed by atoms with van der Waals surface area (Å²) in [6.07, 6.45) is 5.87. The second kappa shape index (κ2) is 6.47. The first-order valence-electron chi connectivity index (χ1n) is 5.82. The Hall–Kier alpha value is -1.45. The van der Waals surface area contributed by atoms with Crippen molar-refractivity contribution in [3.8, 4) is 0 Å². The number of benzene rings is 1. The van der Waals surface area contributed by atoms with Crippen molar-refractivity contribution in [3.63, 3.8) is 0 Å². The lowest BCUT2D eigenvalue weighted by molar-refractivity contribution is 0.920. The number of halogens is 1. The Kier molecular flexibility index (Phi) is 4.67. The van der Waals surface area contributed by atoms with Crippen molar-refractivity contribution in [1.29, 1.82) is 0 Å². The molecule has 0 saturated heterocycles. The van der Waals surface area contributed by atoms with Gasteiger partial charge in [-0.2, -0.15) is 0 Å². The first kappa shape index (κ1) is 13.0. The van der Waals surface area contributed by atoms with E-state index in [0.717, 1.165) is 16.6 Å². The van der Waals surface area contributed by atoms with Gasteiger partial charge in [0.05, 0.1) is 0 Å². The first-order chi connectivity index (χ1) is 8.81. The van der Waals surface area contributed by atoms with Crippen LogP contribution in [0.3, 0.4) is 0 Å². The molecule has 0 radical (unpaired) electrons. The van der Waals surface area contributed by atoms with E-state index >= 15 is 0 Å². The van der Waals surface area contributed by atoms with E-state index < -0.39 is 0 Å². The highest BCUT2D eigenvalue weighted by Crippen LogP contribution is 2.23. The molecule has 0 saturated carbocycles. The molecule has 2 rings (SSSR count). The molecule has 0 fully saturated rings. The normalized spacial score (nSPS) is 11.6. The molecule has 0 unspecified atom stereocenters. The van der Waals surface area contributed by atoms with E-state index in [-0.39, 0.29) is 0 Å². The van der Waals surface area contributed by atoms with E-state index in [4.69, 9.17) is 0 Å². The lowest BCUT2D eigenvalue weighted by Gasteiger charge is -2.08. The Morgan fingerprint density at radius 3 is 2.61 bits per heavy atom. The van der Waals surface area contributed by atoms with Crippen molar-refractivity contribution >= 4 is 21.5 Å². The van der Waals surface area contributed by atoms with Crippen LogP contribution in [0.15, 0.2) is 59.3 Å². The molecule has 0 aliphatic heterocycles. The molecule has 92 valence electrons. The third-order valence-corrected chi connectivity index (χ3v) is 3.17. The number of hydrogen-bond donors (Lipinski definition) is 1. The molecule has 2 aromatic rings. The van der Waals surface area contributed by atoms with Gasteiger partial charge in [-0.1, -0.05) is 40.2 Å². The molecule has 1 aromatic heterocycles. The van der Waals surface area contributed by atoms with Gasteiger partial charge >= 0.3 is 0 Å². The van der Waals surface area contributed by atoms with Crippen LogP contribution < -0.4 is 5.32 Å². The highest BCUT2D eigenvalue weighted by molar-refractivity contribution is 9.10. The minimum Gasteiger partial charge on any atom is -0.316 e. The summed E-state index contributed by atoms with van der Waals surface area (Å²) < 4.78 is 1.09. The maximum Gasteiger partial charge on any atom is 0.0346 e. The zero-order valence-corrected chi connectivity index (χ0v) is 11.8. The van der Waals surface area contributed by atoms with Crippen molar-refractivity contribution in [2.45, 2.75) is 0 Å². The van der Waals surface area contributed by atoms with E-state index in [1.165, 1.54) is 11.1 Å². The molecule has 0 amide bonds. The van der Waals surface area contributed by atoms with E-state index in [9.17, 15) is 0 Å². The number of nitrogens with one attached hydrogen (secondary N) is 1. The molecule has 0 spiro atoms. The van der Waals surface area contributed by atoms with Crippen LogP contribution >= 0.6 is 15.9 Å². The van der Waals surface area contributed by atoms with Crippen LogP contribution in [-0.4, -0.2) is 18.6 Å². The maximum absolute atomic E-state index is 4.19. The van der Waals surface area contributed by atoms with Gasteiger partial charge in [-0.15, -0.1) is 0 Å². The van der Waals surface area contributed by atoms with E-state index in [1.807, 2.05) is 19.3 Å². The Balaban J connectivity index is 2.40. The summed E-state index contributed by atoms with van der Waals surface area (Å²) in [5.74, 6) is 0. The van der Waals surface area contributed by atoms with Crippen LogP contribution in [0, 0.1) is 0 Å². The van der Waals surface area contributed by atoms with Gasteiger partial charge in [0.2, 0.25) is 0 Å². The van der Waals surface area contributed by atoms with Crippen molar-refractivity contribution in [1.82, 2.24) is 10.3 Å². The van der Waals surface area contributed by atoms with Gasteiger partial charge in [0.1, 0.15) is 0 Å². The lowest BCUT2D eigenvalue weighted by atomic mass is 9.99. The van der Waals surface area contributed by atoms with E-state index in [0.29, 0.717) is 0 Å². The fourth-order valence-corrected chi connectivity index (χ4v) is 2.02. The Morgan fingerprint density at radius 2 is 2.00 bits per heavy atom. The number of rotatable bonds is 4. The smallest absolute Gasteiger partial charge is 0.0346 e. The first-order valence-corrected chi connectivity index (χ1v) is 6.61. The van der Waals surface area contributed by atoms with Crippen molar-refractivity contribution in [2.24, 2.45) is 0 Å². The van der Waals surface area contributed by atoms with Crippen LogP contribution in [0.1, 0.15) is 11.1 Å². The summed E-state index contributed by atoms with van der Waals surface area (Å²) in [7, 11) is 1.94. The molecule has 1 aromatic carbocycles. The molecule has 0 atom stereocenters. The van der Waals surface area contributed by atoms with Gasteiger partial charge in [-0.25, -0.2) is 0 Å². The molecular formula is C15H15BrN2. The highest BCUT2D eigenvalue weighted by atomic mass is 79.9. The topological polar surface area (TPSA) is 24.9 Å². The van der Waals surface area contributed by atoms with Gasteiger partial charge in [0, 0.05) is 29.0 Å². The number of pyridine rings is 1. The second-order valence-electron chi connectivity index (χ2n) is 3.92.